The van der Waals surface area contributed by atoms with Gasteiger partial charge in [0, 0.05) is 0 Å². The fraction of sp³-hybridized carbons (Fsp3) is 0.211. The lowest BCUT2D eigenvalue weighted by Gasteiger charge is -2.14. The lowest BCUT2D eigenvalue weighted by molar-refractivity contribution is -0.119. The number of ether oxygens (including phenoxy) is 1. The van der Waals surface area contributed by atoms with Crippen molar-refractivity contribution in [3.05, 3.63) is 59.9 Å². The van der Waals surface area contributed by atoms with Crippen LogP contribution in [0.25, 0.3) is 11.4 Å². The Balaban J connectivity index is 1.63. The van der Waals surface area contributed by atoms with Crippen molar-refractivity contribution < 1.29 is 13.9 Å². The SMILES string of the molecule is COc1ccccc1-c1nnc(SCC(=O)NC(C)c2ccc(F)cc2)n1N. The molecule has 0 saturated carbocycles. The molecule has 0 bridgehead atoms. The molecule has 0 fully saturated rings. The number of hydrogen-bond donors (Lipinski definition) is 2. The standard InChI is InChI=1S/C19H20FN5O2S/c1-12(13-7-9-14(20)10-8-13)22-17(26)11-28-19-24-23-18(25(19)21)15-5-3-4-6-16(15)27-2/h3-10,12H,11,21H2,1-2H3,(H,22,26). The van der Waals surface area contributed by atoms with Crippen LogP contribution in [0.2, 0.25) is 0 Å². The summed E-state index contributed by atoms with van der Waals surface area (Å²) in [6.07, 6.45) is 0. The van der Waals surface area contributed by atoms with E-state index in [1.54, 1.807) is 25.3 Å². The molecular formula is C19H20FN5O2S. The number of rotatable bonds is 7. The van der Waals surface area contributed by atoms with Gasteiger partial charge in [-0.05, 0) is 36.8 Å². The summed E-state index contributed by atoms with van der Waals surface area (Å²) in [5, 5.41) is 11.4. The molecule has 7 nitrogen and oxygen atoms in total. The first-order valence-corrected chi connectivity index (χ1v) is 9.49. The molecule has 0 aliphatic carbocycles. The number of amides is 1. The molecule has 28 heavy (non-hydrogen) atoms. The first kappa shape index (κ1) is 19.7. The van der Waals surface area contributed by atoms with Crippen LogP contribution in [0.5, 0.6) is 5.75 Å². The molecule has 3 rings (SSSR count). The monoisotopic (exact) mass is 401 g/mol. The van der Waals surface area contributed by atoms with Crippen LogP contribution in [0.4, 0.5) is 4.39 Å². The molecule has 2 aromatic carbocycles. The Morgan fingerprint density at radius 1 is 1.25 bits per heavy atom. The average Bonchev–Trinajstić information content (AvgIpc) is 3.07. The highest BCUT2D eigenvalue weighted by atomic mass is 32.2. The Morgan fingerprint density at radius 2 is 1.96 bits per heavy atom. The van der Waals surface area contributed by atoms with Crippen LogP contribution in [0.1, 0.15) is 18.5 Å². The van der Waals surface area contributed by atoms with Gasteiger partial charge in [-0.25, -0.2) is 9.07 Å². The number of nitrogens with two attached hydrogens (primary N) is 1. The summed E-state index contributed by atoms with van der Waals surface area (Å²) in [5.74, 6) is 6.79. The third-order valence-electron chi connectivity index (χ3n) is 4.09. The summed E-state index contributed by atoms with van der Waals surface area (Å²) >= 11 is 1.18. The quantitative estimate of drug-likeness (QED) is 0.467. The van der Waals surface area contributed by atoms with Crippen molar-refractivity contribution in [2.24, 2.45) is 0 Å². The Kier molecular flexibility index (Phi) is 6.15. The van der Waals surface area contributed by atoms with Crippen LogP contribution in [-0.2, 0) is 4.79 Å². The zero-order valence-electron chi connectivity index (χ0n) is 15.4. The van der Waals surface area contributed by atoms with Crippen molar-refractivity contribution in [3.63, 3.8) is 0 Å². The van der Waals surface area contributed by atoms with Gasteiger partial charge in [0.1, 0.15) is 11.6 Å². The van der Waals surface area contributed by atoms with Gasteiger partial charge in [-0.3, -0.25) is 4.79 Å². The van der Waals surface area contributed by atoms with Gasteiger partial charge in [-0.2, -0.15) is 0 Å². The van der Waals surface area contributed by atoms with E-state index in [4.69, 9.17) is 10.6 Å². The van der Waals surface area contributed by atoms with Gasteiger partial charge in [-0.1, -0.05) is 36.0 Å². The minimum atomic E-state index is -0.314. The molecule has 3 aromatic rings. The number of carbonyl (C=O) groups is 1. The molecule has 1 heterocycles. The number of hydrogen-bond acceptors (Lipinski definition) is 6. The number of methoxy groups -OCH3 is 1. The molecule has 0 radical (unpaired) electrons. The molecule has 1 unspecified atom stereocenters. The van der Waals surface area contributed by atoms with Crippen LogP contribution in [-0.4, -0.2) is 33.6 Å². The molecule has 3 N–H and O–H groups in total. The van der Waals surface area contributed by atoms with Crippen molar-refractivity contribution in [2.75, 3.05) is 18.7 Å². The lowest BCUT2D eigenvalue weighted by atomic mass is 10.1. The zero-order chi connectivity index (χ0) is 20.1. The van der Waals surface area contributed by atoms with Crippen LogP contribution in [0, 0.1) is 5.82 Å². The van der Waals surface area contributed by atoms with E-state index in [1.165, 1.54) is 28.6 Å². The number of nitrogens with zero attached hydrogens (tertiary/aromatic N) is 3. The summed E-state index contributed by atoms with van der Waals surface area (Å²) in [5.41, 5.74) is 1.53. The molecule has 0 aliphatic rings. The first-order chi connectivity index (χ1) is 13.5. The highest BCUT2D eigenvalue weighted by Crippen LogP contribution is 2.29. The predicted octanol–water partition coefficient (Wildman–Crippen LogP) is 2.78. The van der Waals surface area contributed by atoms with E-state index < -0.39 is 0 Å². The lowest BCUT2D eigenvalue weighted by Crippen LogP contribution is -2.28. The third-order valence-corrected chi connectivity index (χ3v) is 5.04. The molecule has 1 atom stereocenters. The second-order valence-corrected chi connectivity index (χ2v) is 6.95. The Hall–Kier alpha value is -3.07. The summed E-state index contributed by atoms with van der Waals surface area (Å²) in [6.45, 7) is 1.83. The normalized spacial score (nSPS) is 11.8. The second-order valence-electron chi connectivity index (χ2n) is 6.01. The fourth-order valence-electron chi connectivity index (χ4n) is 2.64. The zero-order valence-corrected chi connectivity index (χ0v) is 16.2. The first-order valence-electron chi connectivity index (χ1n) is 8.51. The second kappa shape index (κ2) is 8.75. The van der Waals surface area contributed by atoms with Gasteiger partial charge in [0.2, 0.25) is 11.1 Å². The van der Waals surface area contributed by atoms with Crippen molar-refractivity contribution in [3.8, 4) is 17.1 Å². The summed E-state index contributed by atoms with van der Waals surface area (Å²) in [4.78, 5) is 12.2. The molecule has 0 spiro atoms. The third kappa shape index (κ3) is 4.42. The van der Waals surface area contributed by atoms with E-state index in [1.807, 2.05) is 25.1 Å². The minimum Gasteiger partial charge on any atom is -0.496 e. The van der Waals surface area contributed by atoms with Crippen molar-refractivity contribution in [1.29, 1.82) is 0 Å². The van der Waals surface area contributed by atoms with E-state index >= 15 is 0 Å². The fourth-order valence-corrected chi connectivity index (χ4v) is 3.30. The smallest absolute Gasteiger partial charge is 0.230 e. The Morgan fingerprint density at radius 3 is 2.68 bits per heavy atom. The van der Waals surface area contributed by atoms with Crippen molar-refractivity contribution in [2.45, 2.75) is 18.1 Å². The summed E-state index contributed by atoms with van der Waals surface area (Å²) in [6, 6.07) is 13.1. The largest absolute Gasteiger partial charge is 0.496 e. The maximum Gasteiger partial charge on any atom is 0.230 e. The Bertz CT molecular complexity index is 961. The Labute approximate surface area is 166 Å². The van der Waals surface area contributed by atoms with Gasteiger partial charge in [-0.15, -0.1) is 10.2 Å². The van der Waals surface area contributed by atoms with Gasteiger partial charge in [0.25, 0.3) is 0 Å². The van der Waals surface area contributed by atoms with Gasteiger partial charge in [0.15, 0.2) is 5.82 Å². The van der Waals surface area contributed by atoms with Crippen LogP contribution < -0.4 is 15.9 Å². The topological polar surface area (TPSA) is 95.1 Å². The summed E-state index contributed by atoms with van der Waals surface area (Å²) < 4.78 is 19.7. The molecule has 1 aromatic heterocycles. The molecule has 1 amide bonds. The molecule has 0 saturated heterocycles. The summed E-state index contributed by atoms with van der Waals surface area (Å²) in [7, 11) is 1.57. The number of halogens is 1. The number of benzene rings is 2. The number of nitrogens with one attached hydrogen (secondary N) is 1. The number of thioether (sulfide) groups is 1. The van der Waals surface area contributed by atoms with Gasteiger partial charge >= 0.3 is 0 Å². The predicted molar refractivity (Wildman–Crippen MR) is 106 cm³/mol. The van der Waals surface area contributed by atoms with Gasteiger partial charge in [0.05, 0.1) is 24.5 Å². The van der Waals surface area contributed by atoms with Crippen LogP contribution >= 0.6 is 11.8 Å². The molecular weight excluding hydrogens is 381 g/mol. The highest BCUT2D eigenvalue weighted by Gasteiger charge is 2.17. The van der Waals surface area contributed by atoms with E-state index in [9.17, 15) is 9.18 Å². The maximum atomic E-state index is 13.0. The molecule has 0 aliphatic heterocycles. The average molecular weight is 401 g/mol. The number of nitrogen functional groups attached to an aromatic ring is 1. The van der Waals surface area contributed by atoms with Gasteiger partial charge < -0.3 is 15.9 Å². The van der Waals surface area contributed by atoms with E-state index in [0.29, 0.717) is 22.3 Å². The van der Waals surface area contributed by atoms with E-state index in [-0.39, 0.29) is 23.5 Å². The highest BCUT2D eigenvalue weighted by molar-refractivity contribution is 7.99. The minimum absolute atomic E-state index is 0.118. The maximum absolute atomic E-state index is 13.0. The number of aromatic nitrogens is 3. The van der Waals surface area contributed by atoms with E-state index in [2.05, 4.69) is 15.5 Å². The number of para-hydroxylation sites is 1. The van der Waals surface area contributed by atoms with Crippen LogP contribution in [0.3, 0.4) is 0 Å². The van der Waals surface area contributed by atoms with Crippen molar-refractivity contribution >= 4 is 17.7 Å². The van der Waals surface area contributed by atoms with Crippen LogP contribution in [0.15, 0.2) is 53.7 Å². The number of carbonyl (C=O) groups excluding carboxylic acids is 1. The molecule has 9 heteroatoms. The molecule has 146 valence electrons. The van der Waals surface area contributed by atoms with E-state index in [0.717, 1.165) is 5.56 Å². The van der Waals surface area contributed by atoms with Crippen molar-refractivity contribution in [1.82, 2.24) is 20.2 Å².